The molecule has 0 aliphatic heterocycles. The van der Waals surface area contributed by atoms with E-state index in [9.17, 15) is 19.8 Å². The van der Waals surface area contributed by atoms with Crippen LogP contribution in [0.1, 0.15) is 74.1 Å². The Morgan fingerprint density at radius 2 is 1.74 bits per heavy atom. The number of rotatable bonds is 4. The van der Waals surface area contributed by atoms with Crippen LogP contribution in [0.25, 0.3) is 0 Å². The second-order valence-corrected chi connectivity index (χ2v) is 11.1. The third-order valence-electron chi connectivity index (χ3n) is 8.47. The average molecular weight is 466 g/mol. The van der Waals surface area contributed by atoms with Gasteiger partial charge in [-0.25, -0.2) is 4.98 Å². The van der Waals surface area contributed by atoms with Crippen molar-refractivity contribution >= 4 is 17.5 Å². The molecule has 34 heavy (non-hydrogen) atoms. The normalized spacial score (nSPS) is 30.2. The molecule has 7 nitrogen and oxygen atoms in total. The number of nitrogens with two attached hydrogens (primary N) is 1. The maximum Gasteiger partial charge on any atom is 0.253 e. The van der Waals surface area contributed by atoms with Crippen molar-refractivity contribution < 1.29 is 19.8 Å². The molecule has 2 saturated carbocycles. The van der Waals surface area contributed by atoms with Crippen LogP contribution in [-0.4, -0.2) is 32.9 Å². The lowest BCUT2D eigenvalue weighted by Gasteiger charge is -2.60. The van der Waals surface area contributed by atoms with Crippen molar-refractivity contribution in [2.75, 3.05) is 5.73 Å². The van der Waals surface area contributed by atoms with Crippen LogP contribution in [0.3, 0.4) is 0 Å². The number of nitrogen functional groups attached to an aromatic ring is 1. The van der Waals surface area contributed by atoms with E-state index in [1.807, 2.05) is 6.92 Å². The van der Waals surface area contributed by atoms with E-state index < -0.39 is 0 Å². The van der Waals surface area contributed by atoms with Gasteiger partial charge in [0.1, 0.15) is 17.3 Å². The topological polar surface area (TPSA) is 126 Å². The molecule has 1 amide bonds. The molecule has 2 aliphatic carbocycles. The molecule has 5 N–H and O–H groups in total. The molecule has 2 aliphatic rings. The molecule has 1 aromatic heterocycles. The van der Waals surface area contributed by atoms with Crippen LogP contribution in [-0.2, 0) is 0 Å². The van der Waals surface area contributed by atoms with Gasteiger partial charge in [0.2, 0.25) is 0 Å². The zero-order valence-corrected chi connectivity index (χ0v) is 20.3. The first-order valence-corrected chi connectivity index (χ1v) is 12.0. The fourth-order valence-corrected chi connectivity index (χ4v) is 6.86. The number of nitrogens with one attached hydrogen (secondary N) is 1. The molecule has 4 rings (SSSR count). The molecule has 7 heteroatoms. The van der Waals surface area contributed by atoms with Crippen LogP contribution in [0.15, 0.2) is 36.5 Å². The first-order chi connectivity index (χ1) is 15.9. The second kappa shape index (κ2) is 8.60. The number of anilines is 1. The summed E-state index contributed by atoms with van der Waals surface area (Å²) in [6, 6.07) is 7.10. The maximum atomic E-state index is 14.0. The Morgan fingerprint density at radius 3 is 2.35 bits per heavy atom. The van der Waals surface area contributed by atoms with Crippen molar-refractivity contribution in [3.05, 3.63) is 47.7 Å². The Hall–Kier alpha value is -3.09. The van der Waals surface area contributed by atoms with Gasteiger partial charge in [0.05, 0.1) is 5.56 Å². The van der Waals surface area contributed by atoms with Crippen molar-refractivity contribution in [2.45, 2.75) is 59.4 Å². The smallest absolute Gasteiger partial charge is 0.253 e. The van der Waals surface area contributed by atoms with E-state index in [0.717, 1.165) is 25.7 Å². The van der Waals surface area contributed by atoms with Gasteiger partial charge in [-0.15, -0.1) is 0 Å². The standard InChI is InChI=1S/C27H35N3O4/c1-15-20(30-25(34)16-6-7-22(28)29-14-16)13-21-26(2,3)8-5-9-27(21,4)23(15)24(33)17-10-18(31)12-19(32)11-17/h6-7,10-12,14-15,20-21,23,31-32H,5,8-9,13H2,1-4H3,(H2,28,29)(H,30,34). The lowest BCUT2D eigenvalue weighted by Crippen LogP contribution is -2.60. The van der Waals surface area contributed by atoms with Gasteiger partial charge in [0.25, 0.3) is 5.91 Å². The van der Waals surface area contributed by atoms with E-state index in [1.54, 1.807) is 12.1 Å². The Kier molecular flexibility index (Phi) is 6.08. The van der Waals surface area contributed by atoms with E-state index >= 15 is 0 Å². The lowest BCUT2D eigenvalue weighted by molar-refractivity contribution is -0.0902. The summed E-state index contributed by atoms with van der Waals surface area (Å²) in [5, 5.41) is 23.2. The molecule has 0 radical (unpaired) electrons. The van der Waals surface area contributed by atoms with Gasteiger partial charge < -0.3 is 21.3 Å². The Bertz CT molecular complexity index is 1080. The highest BCUT2D eigenvalue weighted by molar-refractivity contribution is 5.99. The number of carbonyl (C=O) groups is 2. The SMILES string of the molecule is CC1C(NC(=O)c2ccc(N)nc2)CC2C(C)(C)CCCC2(C)C1C(=O)c1cc(O)cc(O)c1. The minimum Gasteiger partial charge on any atom is -0.508 e. The lowest BCUT2D eigenvalue weighted by atomic mass is 9.45. The molecule has 5 atom stereocenters. The van der Waals surface area contributed by atoms with Gasteiger partial charge in [0.15, 0.2) is 5.78 Å². The number of phenolic OH excluding ortho intramolecular Hbond substituents is 2. The van der Waals surface area contributed by atoms with Gasteiger partial charge >= 0.3 is 0 Å². The number of pyridine rings is 1. The number of hydrogen-bond donors (Lipinski definition) is 4. The molecule has 2 fully saturated rings. The highest BCUT2D eigenvalue weighted by atomic mass is 16.3. The van der Waals surface area contributed by atoms with E-state index in [0.29, 0.717) is 16.9 Å². The number of nitrogens with zero attached hydrogens (tertiary/aromatic N) is 1. The van der Waals surface area contributed by atoms with Gasteiger partial charge in [-0.3, -0.25) is 9.59 Å². The molecule has 0 saturated heterocycles. The van der Waals surface area contributed by atoms with Crippen molar-refractivity contribution in [1.29, 1.82) is 0 Å². The van der Waals surface area contributed by atoms with Crippen LogP contribution >= 0.6 is 0 Å². The van der Waals surface area contributed by atoms with Crippen LogP contribution < -0.4 is 11.1 Å². The molecular weight excluding hydrogens is 430 g/mol. The predicted octanol–water partition coefficient (Wildman–Crippen LogP) is 4.54. The first kappa shape index (κ1) is 24.0. The number of hydrogen-bond acceptors (Lipinski definition) is 6. The summed E-state index contributed by atoms with van der Waals surface area (Å²) in [6.07, 6.45) is 5.28. The first-order valence-electron chi connectivity index (χ1n) is 12.0. The maximum absolute atomic E-state index is 14.0. The highest BCUT2D eigenvalue weighted by Crippen LogP contribution is 2.61. The van der Waals surface area contributed by atoms with E-state index in [1.165, 1.54) is 24.4 Å². The number of carbonyl (C=O) groups excluding carboxylic acids is 2. The molecule has 1 aromatic carbocycles. The molecule has 5 unspecified atom stereocenters. The van der Waals surface area contributed by atoms with Gasteiger partial charge in [0, 0.05) is 29.8 Å². The third kappa shape index (κ3) is 4.24. The summed E-state index contributed by atoms with van der Waals surface area (Å²) in [6.45, 7) is 8.76. The Balaban J connectivity index is 1.72. The fourth-order valence-electron chi connectivity index (χ4n) is 6.86. The van der Waals surface area contributed by atoms with E-state index in [4.69, 9.17) is 5.73 Å². The van der Waals surface area contributed by atoms with Crippen LogP contribution in [0.4, 0.5) is 5.82 Å². The minimum atomic E-state index is -0.373. The fraction of sp³-hybridized carbons (Fsp3) is 0.519. The zero-order chi connectivity index (χ0) is 24.8. The van der Waals surface area contributed by atoms with Crippen LogP contribution in [0, 0.1) is 28.6 Å². The Labute approximate surface area is 200 Å². The number of Topliss-reactive ketones (excluding diaryl/α,β-unsaturated/α-hetero) is 1. The predicted molar refractivity (Wildman–Crippen MR) is 131 cm³/mol. The number of fused-ring (bicyclic) bond motifs is 1. The summed E-state index contributed by atoms with van der Waals surface area (Å²) >= 11 is 0. The molecule has 182 valence electrons. The van der Waals surface area contributed by atoms with Crippen molar-refractivity contribution in [3.8, 4) is 11.5 Å². The molecule has 1 heterocycles. The number of amides is 1. The van der Waals surface area contributed by atoms with Crippen LogP contribution in [0.5, 0.6) is 11.5 Å². The highest BCUT2D eigenvalue weighted by Gasteiger charge is 2.58. The number of phenols is 2. The largest absolute Gasteiger partial charge is 0.508 e. The zero-order valence-electron chi connectivity index (χ0n) is 20.3. The number of aromatic hydroxyl groups is 2. The van der Waals surface area contributed by atoms with Crippen LogP contribution in [0.2, 0.25) is 0 Å². The van der Waals surface area contributed by atoms with E-state index in [2.05, 4.69) is 31.1 Å². The number of benzene rings is 1. The van der Waals surface area contributed by atoms with Crippen molar-refractivity contribution in [2.24, 2.45) is 28.6 Å². The molecule has 0 spiro atoms. The van der Waals surface area contributed by atoms with Crippen molar-refractivity contribution in [3.63, 3.8) is 0 Å². The molecular formula is C27H35N3O4. The third-order valence-corrected chi connectivity index (χ3v) is 8.47. The minimum absolute atomic E-state index is 0.0123. The molecule has 0 bridgehead atoms. The molecule has 2 aromatic rings. The quantitative estimate of drug-likeness (QED) is 0.491. The Morgan fingerprint density at radius 1 is 1.06 bits per heavy atom. The summed E-state index contributed by atoms with van der Waals surface area (Å²) in [5.41, 5.74) is 6.14. The summed E-state index contributed by atoms with van der Waals surface area (Å²) < 4.78 is 0. The van der Waals surface area contributed by atoms with Gasteiger partial charge in [-0.2, -0.15) is 0 Å². The summed E-state index contributed by atoms with van der Waals surface area (Å²) in [5.74, 6) is -0.558. The average Bonchev–Trinajstić information content (AvgIpc) is 2.74. The van der Waals surface area contributed by atoms with Gasteiger partial charge in [-0.1, -0.05) is 34.1 Å². The van der Waals surface area contributed by atoms with Crippen molar-refractivity contribution in [1.82, 2.24) is 10.3 Å². The van der Waals surface area contributed by atoms with Gasteiger partial charge in [-0.05, 0) is 66.2 Å². The van der Waals surface area contributed by atoms with E-state index in [-0.39, 0.29) is 57.8 Å². The number of aromatic nitrogens is 1. The summed E-state index contributed by atoms with van der Waals surface area (Å²) in [4.78, 5) is 31.1. The summed E-state index contributed by atoms with van der Waals surface area (Å²) in [7, 11) is 0. The number of ketones is 1. The monoisotopic (exact) mass is 465 g/mol. The second-order valence-electron chi connectivity index (χ2n) is 11.1.